The molecule has 37 heavy (non-hydrogen) atoms. The SMILES string of the molecule is CC(C)C(=O)N[C@H]1CCCCNC(=O)c2coc(n2)[C@H](C(C)C)NC(=O)[C@H](Cc2ccccc2)NC1=O. The molecule has 3 rings (SSSR count). The Bertz CT molecular complexity index is 1080. The third-order valence-electron chi connectivity index (χ3n) is 6.26. The first-order valence-electron chi connectivity index (χ1n) is 12.8. The van der Waals surface area contributed by atoms with Gasteiger partial charge < -0.3 is 25.7 Å². The van der Waals surface area contributed by atoms with Gasteiger partial charge in [-0.25, -0.2) is 4.98 Å². The van der Waals surface area contributed by atoms with Crippen molar-refractivity contribution in [3.05, 3.63) is 53.7 Å². The zero-order valence-corrected chi connectivity index (χ0v) is 21.9. The van der Waals surface area contributed by atoms with Crippen molar-refractivity contribution in [2.24, 2.45) is 11.8 Å². The van der Waals surface area contributed by atoms with Crippen LogP contribution >= 0.6 is 0 Å². The molecule has 1 aliphatic heterocycles. The summed E-state index contributed by atoms with van der Waals surface area (Å²) < 4.78 is 5.57. The Labute approximate surface area is 217 Å². The number of aromatic nitrogens is 1. The molecule has 0 radical (unpaired) electrons. The molecule has 2 bridgehead atoms. The van der Waals surface area contributed by atoms with Gasteiger partial charge in [-0.1, -0.05) is 58.0 Å². The van der Waals surface area contributed by atoms with Crippen LogP contribution in [0.2, 0.25) is 0 Å². The van der Waals surface area contributed by atoms with Gasteiger partial charge >= 0.3 is 0 Å². The molecule has 0 saturated carbocycles. The molecule has 10 nitrogen and oxygen atoms in total. The third kappa shape index (κ3) is 7.90. The molecule has 4 N–H and O–H groups in total. The van der Waals surface area contributed by atoms with Crippen molar-refractivity contribution < 1.29 is 23.6 Å². The van der Waals surface area contributed by atoms with E-state index < -0.39 is 29.9 Å². The van der Waals surface area contributed by atoms with Gasteiger partial charge in [-0.05, 0) is 30.7 Å². The van der Waals surface area contributed by atoms with Crippen LogP contribution < -0.4 is 21.3 Å². The van der Waals surface area contributed by atoms with Crippen molar-refractivity contribution in [3.8, 4) is 0 Å². The third-order valence-corrected chi connectivity index (χ3v) is 6.26. The second-order valence-corrected chi connectivity index (χ2v) is 10.0. The lowest BCUT2D eigenvalue weighted by Crippen LogP contribution is -2.55. The largest absolute Gasteiger partial charge is 0.446 e. The Hall–Kier alpha value is -3.69. The highest BCUT2D eigenvalue weighted by molar-refractivity contribution is 5.93. The summed E-state index contributed by atoms with van der Waals surface area (Å²) in [6, 6.07) is 7.05. The molecule has 0 aliphatic carbocycles. The summed E-state index contributed by atoms with van der Waals surface area (Å²) in [6.45, 7) is 7.69. The number of benzene rings is 1. The lowest BCUT2D eigenvalue weighted by molar-refractivity contribution is -0.133. The van der Waals surface area contributed by atoms with Crippen molar-refractivity contribution in [3.63, 3.8) is 0 Å². The molecule has 2 aromatic rings. The predicted octanol–water partition coefficient (Wildman–Crippen LogP) is 2.27. The second kappa shape index (κ2) is 13.0. The quantitative estimate of drug-likeness (QED) is 0.485. The van der Waals surface area contributed by atoms with E-state index in [0.717, 1.165) is 5.56 Å². The normalized spacial score (nSPS) is 21.8. The second-order valence-electron chi connectivity index (χ2n) is 10.0. The standard InChI is InChI=1S/C27H37N5O5/c1-16(2)22-27-31-21(15-37-27)24(34)28-13-9-8-12-19(29-23(33)17(3)4)25(35)30-20(26(36)32-22)14-18-10-6-5-7-11-18/h5-7,10-11,15-17,19-20,22H,8-9,12-14H2,1-4H3,(H,28,34)(H,29,33)(H,30,35)(H,32,36)/t19-,20-,22-/m0/s1. The molecule has 2 heterocycles. The maximum atomic E-state index is 13.5. The highest BCUT2D eigenvalue weighted by Crippen LogP contribution is 2.22. The van der Waals surface area contributed by atoms with Gasteiger partial charge in [-0.2, -0.15) is 0 Å². The minimum atomic E-state index is -0.903. The molecule has 0 unspecified atom stereocenters. The van der Waals surface area contributed by atoms with Crippen molar-refractivity contribution in [2.45, 2.75) is 71.5 Å². The van der Waals surface area contributed by atoms with Gasteiger partial charge in [0.15, 0.2) is 5.69 Å². The van der Waals surface area contributed by atoms with Crippen molar-refractivity contribution in [1.82, 2.24) is 26.3 Å². The fourth-order valence-electron chi connectivity index (χ4n) is 4.01. The van der Waals surface area contributed by atoms with Crippen LogP contribution in [0, 0.1) is 11.8 Å². The number of fused-ring (bicyclic) bond motifs is 2. The fraction of sp³-hybridized carbons (Fsp3) is 0.519. The Morgan fingerprint density at radius 3 is 2.46 bits per heavy atom. The van der Waals surface area contributed by atoms with E-state index in [1.165, 1.54) is 6.26 Å². The van der Waals surface area contributed by atoms with Gasteiger partial charge in [0.2, 0.25) is 23.6 Å². The lowest BCUT2D eigenvalue weighted by atomic mass is 10.0. The van der Waals surface area contributed by atoms with Crippen LogP contribution in [-0.2, 0) is 20.8 Å². The van der Waals surface area contributed by atoms with E-state index in [9.17, 15) is 19.2 Å². The minimum absolute atomic E-state index is 0.108. The number of amides is 4. The number of oxazole rings is 1. The number of hydrogen-bond acceptors (Lipinski definition) is 6. The van der Waals surface area contributed by atoms with E-state index in [-0.39, 0.29) is 41.7 Å². The van der Waals surface area contributed by atoms with Gasteiger partial charge in [0.1, 0.15) is 24.4 Å². The van der Waals surface area contributed by atoms with Gasteiger partial charge in [-0.3, -0.25) is 19.2 Å². The van der Waals surface area contributed by atoms with Gasteiger partial charge in [0.05, 0.1) is 0 Å². The molecule has 0 fully saturated rings. The average Bonchev–Trinajstić information content (AvgIpc) is 3.35. The zero-order valence-electron chi connectivity index (χ0n) is 21.9. The highest BCUT2D eigenvalue weighted by atomic mass is 16.3. The van der Waals surface area contributed by atoms with E-state index in [4.69, 9.17) is 4.42 Å². The summed E-state index contributed by atoms with van der Waals surface area (Å²) in [5.74, 6) is -1.66. The first-order chi connectivity index (χ1) is 17.7. The summed E-state index contributed by atoms with van der Waals surface area (Å²) in [6.07, 6.45) is 3.08. The maximum Gasteiger partial charge on any atom is 0.273 e. The van der Waals surface area contributed by atoms with Crippen LogP contribution in [0.25, 0.3) is 0 Å². The first kappa shape index (κ1) is 27.9. The molecular formula is C27H37N5O5. The van der Waals surface area contributed by atoms with E-state index in [1.54, 1.807) is 13.8 Å². The van der Waals surface area contributed by atoms with Crippen LogP contribution in [0.3, 0.4) is 0 Å². The molecule has 0 saturated heterocycles. The molecule has 10 heteroatoms. The fourth-order valence-corrected chi connectivity index (χ4v) is 4.01. The Morgan fingerprint density at radius 2 is 1.78 bits per heavy atom. The van der Waals surface area contributed by atoms with Crippen molar-refractivity contribution >= 4 is 23.6 Å². The number of nitrogens with zero attached hydrogens (tertiary/aromatic N) is 1. The Balaban J connectivity index is 1.93. The van der Waals surface area contributed by atoms with E-state index >= 15 is 0 Å². The summed E-state index contributed by atoms with van der Waals surface area (Å²) in [4.78, 5) is 56.2. The lowest BCUT2D eigenvalue weighted by Gasteiger charge is -2.26. The monoisotopic (exact) mass is 511 g/mol. The van der Waals surface area contributed by atoms with Crippen LogP contribution in [0.4, 0.5) is 0 Å². The zero-order chi connectivity index (χ0) is 26.9. The van der Waals surface area contributed by atoms with E-state index in [2.05, 4.69) is 26.3 Å². The molecule has 0 spiro atoms. The van der Waals surface area contributed by atoms with Crippen molar-refractivity contribution in [2.75, 3.05) is 6.54 Å². The topological polar surface area (TPSA) is 142 Å². The number of rotatable bonds is 5. The smallest absolute Gasteiger partial charge is 0.273 e. The van der Waals surface area contributed by atoms with E-state index in [1.807, 2.05) is 44.2 Å². The predicted molar refractivity (Wildman–Crippen MR) is 137 cm³/mol. The maximum absolute atomic E-state index is 13.5. The number of carbonyl (C=O) groups is 4. The molecule has 1 aliphatic rings. The molecule has 3 atom stereocenters. The molecule has 1 aromatic carbocycles. The minimum Gasteiger partial charge on any atom is -0.446 e. The van der Waals surface area contributed by atoms with Crippen LogP contribution in [0.15, 0.2) is 41.0 Å². The molecule has 1 aromatic heterocycles. The van der Waals surface area contributed by atoms with Crippen molar-refractivity contribution in [1.29, 1.82) is 0 Å². The number of carbonyl (C=O) groups excluding carboxylic acids is 4. The van der Waals surface area contributed by atoms with Gasteiger partial charge in [-0.15, -0.1) is 0 Å². The van der Waals surface area contributed by atoms with Gasteiger partial charge in [0.25, 0.3) is 5.91 Å². The summed E-state index contributed by atoms with van der Waals surface area (Å²) in [7, 11) is 0. The molecule has 4 amide bonds. The Kier molecular flexibility index (Phi) is 9.82. The van der Waals surface area contributed by atoms with E-state index in [0.29, 0.717) is 25.8 Å². The van der Waals surface area contributed by atoms with Crippen LogP contribution in [0.1, 0.15) is 74.9 Å². The van der Waals surface area contributed by atoms with Gasteiger partial charge in [0, 0.05) is 18.9 Å². The summed E-state index contributed by atoms with van der Waals surface area (Å²) in [5, 5.41) is 11.4. The van der Waals surface area contributed by atoms with Crippen LogP contribution in [-0.4, -0.2) is 47.2 Å². The molecule has 200 valence electrons. The van der Waals surface area contributed by atoms with Crippen LogP contribution in [0.5, 0.6) is 0 Å². The Morgan fingerprint density at radius 1 is 1.05 bits per heavy atom. The summed E-state index contributed by atoms with van der Waals surface area (Å²) in [5.41, 5.74) is 1.01. The average molecular weight is 512 g/mol. The number of hydrogen-bond donors (Lipinski definition) is 4. The number of nitrogens with one attached hydrogen (secondary N) is 4. The molecular weight excluding hydrogens is 474 g/mol. The first-order valence-corrected chi connectivity index (χ1v) is 12.8. The highest BCUT2D eigenvalue weighted by Gasteiger charge is 2.31. The summed E-state index contributed by atoms with van der Waals surface area (Å²) >= 11 is 0.